The molecule has 0 radical (unpaired) electrons. The highest BCUT2D eigenvalue weighted by Crippen LogP contribution is 2.36. The second kappa shape index (κ2) is 7.52. The van der Waals surface area contributed by atoms with Gasteiger partial charge in [-0.1, -0.05) is 54.2 Å². The van der Waals surface area contributed by atoms with Gasteiger partial charge in [0.2, 0.25) is 5.91 Å². The smallest absolute Gasteiger partial charge is 0.279 e. The molecule has 0 unspecified atom stereocenters. The molecule has 0 saturated carbocycles. The molecule has 0 spiro atoms. The van der Waals surface area contributed by atoms with Gasteiger partial charge >= 0.3 is 0 Å². The molecule has 7 heteroatoms. The van der Waals surface area contributed by atoms with Crippen LogP contribution >= 0.6 is 11.8 Å². The number of phenolic OH excluding ortho intramolecular Hbond substituents is 1. The van der Waals surface area contributed by atoms with Crippen molar-refractivity contribution in [3.05, 3.63) is 81.6 Å². The Labute approximate surface area is 166 Å². The molecule has 28 heavy (non-hydrogen) atoms. The van der Waals surface area contributed by atoms with Gasteiger partial charge in [0.1, 0.15) is 11.6 Å². The third-order valence-electron chi connectivity index (χ3n) is 4.78. The lowest BCUT2D eigenvalue weighted by atomic mass is 9.86. The zero-order chi connectivity index (χ0) is 19.7. The molecule has 1 atom stereocenters. The van der Waals surface area contributed by atoms with Crippen LogP contribution in [0.3, 0.4) is 0 Å². The predicted octanol–water partition coefficient (Wildman–Crippen LogP) is 3.25. The molecule has 1 aliphatic heterocycles. The van der Waals surface area contributed by atoms with Crippen molar-refractivity contribution in [3.63, 3.8) is 0 Å². The van der Waals surface area contributed by atoms with Crippen molar-refractivity contribution in [2.75, 3.05) is 5.32 Å². The average molecular weight is 393 g/mol. The highest BCUT2D eigenvalue weighted by atomic mass is 32.2. The third kappa shape index (κ3) is 3.53. The quantitative estimate of drug-likeness (QED) is 0.525. The van der Waals surface area contributed by atoms with Gasteiger partial charge in [0.25, 0.3) is 5.56 Å². The summed E-state index contributed by atoms with van der Waals surface area (Å²) in [7, 11) is 1.80. The molecular weight excluding hydrogens is 374 g/mol. The van der Waals surface area contributed by atoms with Crippen molar-refractivity contribution in [1.29, 1.82) is 0 Å². The number of nitrogens with zero attached hydrogens (tertiary/aromatic N) is 2. The number of aromatic nitrogens is 2. The molecule has 1 aromatic heterocycles. The molecule has 0 bridgehead atoms. The highest BCUT2D eigenvalue weighted by molar-refractivity contribution is 7.98. The molecule has 142 valence electrons. The maximum atomic E-state index is 12.9. The summed E-state index contributed by atoms with van der Waals surface area (Å²) in [4.78, 5) is 29.5. The second-order valence-corrected chi connectivity index (χ2v) is 7.64. The predicted molar refractivity (Wildman–Crippen MR) is 109 cm³/mol. The highest BCUT2D eigenvalue weighted by Gasteiger charge is 2.32. The Hall–Kier alpha value is -3.06. The number of hydrogen-bond donors (Lipinski definition) is 2. The first-order chi connectivity index (χ1) is 13.5. The van der Waals surface area contributed by atoms with E-state index >= 15 is 0 Å². The van der Waals surface area contributed by atoms with Crippen LogP contribution in [0, 0.1) is 0 Å². The van der Waals surface area contributed by atoms with Crippen molar-refractivity contribution < 1.29 is 9.90 Å². The number of benzene rings is 2. The van der Waals surface area contributed by atoms with Crippen LogP contribution in [-0.4, -0.2) is 20.6 Å². The van der Waals surface area contributed by atoms with E-state index in [9.17, 15) is 14.7 Å². The van der Waals surface area contributed by atoms with Gasteiger partial charge in [-0.3, -0.25) is 9.59 Å². The molecule has 4 rings (SSSR count). The van der Waals surface area contributed by atoms with Crippen LogP contribution in [0.15, 0.2) is 64.5 Å². The number of aromatic hydroxyl groups is 1. The number of anilines is 1. The van der Waals surface area contributed by atoms with Gasteiger partial charge in [0.15, 0.2) is 5.16 Å². The van der Waals surface area contributed by atoms with Crippen LogP contribution in [-0.2, 0) is 17.6 Å². The number of amides is 1. The molecule has 0 saturated heterocycles. The number of fused-ring (bicyclic) bond motifs is 1. The zero-order valence-electron chi connectivity index (χ0n) is 15.3. The van der Waals surface area contributed by atoms with Gasteiger partial charge in [0.05, 0.1) is 5.56 Å². The van der Waals surface area contributed by atoms with E-state index in [1.807, 2.05) is 36.4 Å². The fourth-order valence-electron chi connectivity index (χ4n) is 3.41. The number of thioether (sulfide) groups is 1. The van der Waals surface area contributed by atoms with Crippen LogP contribution in [0.25, 0.3) is 0 Å². The zero-order valence-corrected chi connectivity index (χ0v) is 16.1. The second-order valence-electron chi connectivity index (χ2n) is 6.69. The van der Waals surface area contributed by atoms with E-state index in [0.717, 1.165) is 11.1 Å². The average Bonchev–Trinajstić information content (AvgIpc) is 2.69. The Balaban J connectivity index is 1.74. The van der Waals surface area contributed by atoms with Gasteiger partial charge in [0, 0.05) is 25.1 Å². The Morgan fingerprint density at radius 2 is 1.96 bits per heavy atom. The van der Waals surface area contributed by atoms with Gasteiger partial charge < -0.3 is 15.0 Å². The lowest BCUT2D eigenvalue weighted by molar-refractivity contribution is -0.116. The summed E-state index contributed by atoms with van der Waals surface area (Å²) in [6.07, 6.45) is 0.143. The Morgan fingerprint density at radius 3 is 2.71 bits per heavy atom. The summed E-state index contributed by atoms with van der Waals surface area (Å²) in [5.41, 5.74) is 1.95. The summed E-state index contributed by atoms with van der Waals surface area (Å²) in [5, 5.41) is 13.2. The molecule has 0 fully saturated rings. The number of rotatable bonds is 4. The maximum absolute atomic E-state index is 12.9. The normalized spacial score (nSPS) is 15.8. The topological polar surface area (TPSA) is 84.2 Å². The fourth-order valence-corrected chi connectivity index (χ4v) is 4.33. The SMILES string of the molecule is Cn1c(SCc2ccccc2)nc(=O)c2c1NC(=O)C[C@@H]2c1cccc(O)c1. The number of hydrogen-bond acceptors (Lipinski definition) is 5. The molecule has 2 N–H and O–H groups in total. The third-order valence-corrected chi connectivity index (χ3v) is 5.89. The molecule has 1 aliphatic rings. The van der Waals surface area contributed by atoms with E-state index in [-0.39, 0.29) is 23.6 Å². The number of carbonyl (C=O) groups is 1. The van der Waals surface area contributed by atoms with Crippen molar-refractivity contribution in [2.45, 2.75) is 23.2 Å². The summed E-state index contributed by atoms with van der Waals surface area (Å²) in [6, 6.07) is 16.6. The van der Waals surface area contributed by atoms with E-state index in [2.05, 4.69) is 10.3 Å². The largest absolute Gasteiger partial charge is 0.508 e. The molecule has 2 heterocycles. The number of nitrogens with one attached hydrogen (secondary N) is 1. The van der Waals surface area contributed by atoms with E-state index in [1.165, 1.54) is 11.8 Å². The van der Waals surface area contributed by atoms with Crippen molar-refractivity contribution in [1.82, 2.24) is 9.55 Å². The van der Waals surface area contributed by atoms with Crippen molar-refractivity contribution in [3.8, 4) is 5.75 Å². The van der Waals surface area contributed by atoms with E-state index in [4.69, 9.17) is 0 Å². The summed E-state index contributed by atoms with van der Waals surface area (Å²) < 4.78 is 1.76. The summed E-state index contributed by atoms with van der Waals surface area (Å²) in [6.45, 7) is 0. The Bertz CT molecular complexity index is 1100. The molecule has 1 amide bonds. The summed E-state index contributed by atoms with van der Waals surface area (Å²) >= 11 is 1.45. The van der Waals surface area contributed by atoms with Crippen LogP contribution in [0.2, 0.25) is 0 Å². The first kappa shape index (κ1) is 18.3. The van der Waals surface area contributed by atoms with E-state index in [0.29, 0.717) is 22.3 Å². The molecule has 3 aromatic rings. The minimum Gasteiger partial charge on any atom is -0.508 e. The number of phenols is 1. The first-order valence-corrected chi connectivity index (χ1v) is 9.88. The van der Waals surface area contributed by atoms with E-state index < -0.39 is 5.92 Å². The fraction of sp³-hybridized carbons (Fsp3) is 0.190. The number of carbonyl (C=O) groups excluding carboxylic acids is 1. The maximum Gasteiger partial charge on any atom is 0.279 e. The first-order valence-electron chi connectivity index (χ1n) is 8.89. The monoisotopic (exact) mass is 393 g/mol. The van der Waals surface area contributed by atoms with E-state index in [1.54, 1.807) is 29.8 Å². The van der Waals surface area contributed by atoms with Crippen LogP contribution < -0.4 is 10.9 Å². The van der Waals surface area contributed by atoms with Gasteiger partial charge in [-0.05, 0) is 23.3 Å². The Kier molecular flexibility index (Phi) is 4.92. The van der Waals surface area contributed by atoms with Crippen LogP contribution in [0.1, 0.15) is 29.0 Å². The molecule has 6 nitrogen and oxygen atoms in total. The van der Waals surface area contributed by atoms with Crippen molar-refractivity contribution in [2.24, 2.45) is 7.05 Å². The van der Waals surface area contributed by atoms with Gasteiger partial charge in [-0.25, -0.2) is 0 Å². The minimum absolute atomic E-state index is 0.102. The van der Waals surface area contributed by atoms with Gasteiger partial charge in [-0.15, -0.1) is 0 Å². The minimum atomic E-state index is -0.435. The molecule has 0 aliphatic carbocycles. The Morgan fingerprint density at radius 1 is 1.18 bits per heavy atom. The standard InChI is InChI=1S/C21H19N3O3S/c1-24-19-18(16(11-17(26)22-19)14-8-5-9-15(25)10-14)20(27)23-21(24)28-12-13-6-3-2-4-7-13/h2-10,16,25H,11-12H2,1H3,(H,22,26)/t16-/m1/s1. The summed E-state index contributed by atoms with van der Waals surface area (Å²) in [5.74, 6) is 0.644. The molecule has 2 aromatic carbocycles. The molecular formula is C21H19N3O3S. The lowest BCUT2D eigenvalue weighted by Crippen LogP contribution is -2.33. The van der Waals surface area contributed by atoms with Crippen LogP contribution in [0.4, 0.5) is 5.82 Å². The lowest BCUT2D eigenvalue weighted by Gasteiger charge is -2.27. The van der Waals surface area contributed by atoms with Crippen molar-refractivity contribution >= 4 is 23.5 Å². The van der Waals surface area contributed by atoms with Crippen LogP contribution in [0.5, 0.6) is 5.75 Å². The van der Waals surface area contributed by atoms with Gasteiger partial charge in [-0.2, -0.15) is 4.98 Å².